The molecule has 1 saturated heterocycles. The van der Waals surface area contributed by atoms with Crippen molar-refractivity contribution in [2.75, 3.05) is 7.05 Å². The number of carbonyl (C=O) groups is 1. The average molecular weight is 392 g/mol. The minimum atomic E-state index is -4.51. The number of amides is 1. The molecule has 2 aromatic rings. The summed E-state index contributed by atoms with van der Waals surface area (Å²) in [6, 6.07) is 8.76. The van der Waals surface area contributed by atoms with Crippen LogP contribution in [-0.2, 0) is 18.8 Å². The monoisotopic (exact) mass is 392 g/mol. The summed E-state index contributed by atoms with van der Waals surface area (Å²) in [5.74, 6) is -0.982. The van der Waals surface area contributed by atoms with E-state index >= 15 is 0 Å². The average Bonchev–Trinajstić information content (AvgIpc) is 3.24. The van der Waals surface area contributed by atoms with Crippen molar-refractivity contribution in [3.8, 4) is 5.75 Å². The van der Waals surface area contributed by atoms with Crippen LogP contribution in [-0.4, -0.2) is 34.1 Å². The Labute approximate surface area is 157 Å². The molecule has 146 valence electrons. The minimum Gasteiger partial charge on any atom is -0.505 e. The number of alkyl halides is 3. The van der Waals surface area contributed by atoms with Gasteiger partial charge < -0.3 is 10.0 Å². The molecule has 2 heterocycles. The van der Waals surface area contributed by atoms with Gasteiger partial charge in [-0.2, -0.15) is 13.2 Å². The first-order valence-electron chi connectivity index (χ1n) is 8.34. The van der Waals surface area contributed by atoms with Crippen LogP contribution in [0.25, 0.3) is 0 Å². The zero-order chi connectivity index (χ0) is 20.3. The lowest BCUT2D eigenvalue weighted by Crippen LogP contribution is -2.35. The molecule has 0 saturated carbocycles. The molecule has 0 aromatic heterocycles. The van der Waals surface area contributed by atoms with Crippen LogP contribution in [0.5, 0.6) is 5.75 Å². The number of hydrogen-bond acceptors (Lipinski definition) is 6. The molecule has 0 spiro atoms. The number of nitrogens with one attached hydrogen (secondary N) is 1. The van der Waals surface area contributed by atoms with Crippen molar-refractivity contribution < 1.29 is 23.1 Å². The molecule has 0 aliphatic carbocycles. The molecule has 2 N–H and O–H groups in total. The highest BCUT2D eigenvalue weighted by atomic mass is 19.4. The maximum Gasteiger partial charge on any atom is 0.426 e. The largest absolute Gasteiger partial charge is 0.505 e. The van der Waals surface area contributed by atoms with Gasteiger partial charge in [0, 0.05) is 20.1 Å². The Morgan fingerprint density at radius 2 is 2.00 bits per heavy atom. The molecular formula is C18H15F3N4O3. The number of hydrogen-bond donors (Lipinski definition) is 2. The van der Waals surface area contributed by atoms with Gasteiger partial charge in [0.25, 0.3) is 5.91 Å². The molecule has 2 unspecified atom stereocenters. The van der Waals surface area contributed by atoms with E-state index < -0.39 is 23.5 Å². The van der Waals surface area contributed by atoms with Gasteiger partial charge >= 0.3 is 6.18 Å². The fourth-order valence-corrected chi connectivity index (χ4v) is 3.64. The lowest BCUT2D eigenvalue weighted by molar-refractivity contribution is -0.174. The minimum absolute atomic E-state index is 0.00334. The number of aromatic hydroxyl groups is 1. The lowest BCUT2D eigenvalue weighted by Gasteiger charge is -2.20. The second-order valence-electron chi connectivity index (χ2n) is 6.80. The van der Waals surface area contributed by atoms with E-state index in [2.05, 4.69) is 10.6 Å². The fourth-order valence-electron chi connectivity index (χ4n) is 3.64. The third-order valence-electron chi connectivity index (χ3n) is 5.11. The Hall–Kier alpha value is -2.98. The Kier molecular flexibility index (Phi) is 3.95. The van der Waals surface area contributed by atoms with Gasteiger partial charge in [-0.05, 0) is 27.9 Å². The van der Waals surface area contributed by atoms with Crippen LogP contribution >= 0.6 is 0 Å². The van der Waals surface area contributed by atoms with Gasteiger partial charge in [0.2, 0.25) is 5.66 Å². The van der Waals surface area contributed by atoms with Gasteiger partial charge in [0.05, 0.1) is 5.56 Å². The van der Waals surface area contributed by atoms with Gasteiger partial charge in [-0.1, -0.05) is 30.3 Å². The van der Waals surface area contributed by atoms with Crippen LogP contribution in [0.4, 0.5) is 18.9 Å². The predicted molar refractivity (Wildman–Crippen MR) is 92.2 cm³/mol. The molecule has 0 radical (unpaired) electrons. The quantitative estimate of drug-likeness (QED) is 0.616. The number of hydrazine groups is 1. The van der Waals surface area contributed by atoms with Gasteiger partial charge in [-0.25, -0.2) is 10.4 Å². The van der Waals surface area contributed by atoms with Crippen LogP contribution in [0.15, 0.2) is 41.6 Å². The first kappa shape index (κ1) is 18.4. The van der Waals surface area contributed by atoms with Crippen molar-refractivity contribution in [1.82, 2.24) is 15.3 Å². The van der Waals surface area contributed by atoms with Gasteiger partial charge in [0.15, 0.2) is 5.75 Å². The van der Waals surface area contributed by atoms with E-state index in [9.17, 15) is 28.0 Å². The van der Waals surface area contributed by atoms with Crippen LogP contribution in [0.1, 0.15) is 27.0 Å². The van der Waals surface area contributed by atoms with E-state index in [4.69, 9.17) is 0 Å². The van der Waals surface area contributed by atoms with Crippen LogP contribution in [0.2, 0.25) is 0 Å². The molecule has 0 bridgehead atoms. The number of carbonyl (C=O) groups excluding carboxylic acids is 1. The molecule has 1 amide bonds. The third-order valence-corrected chi connectivity index (χ3v) is 5.11. The summed E-state index contributed by atoms with van der Waals surface area (Å²) in [4.78, 5) is 24.7. The first-order valence-corrected chi connectivity index (χ1v) is 8.34. The molecule has 4 rings (SSSR count). The number of nitroso groups, excluding NO2 is 1. The Bertz CT molecular complexity index is 995. The first-order chi connectivity index (χ1) is 13.2. The van der Waals surface area contributed by atoms with Crippen molar-refractivity contribution in [3.05, 3.63) is 63.6 Å². The summed E-state index contributed by atoms with van der Waals surface area (Å²) >= 11 is 0. The summed E-state index contributed by atoms with van der Waals surface area (Å²) in [6.45, 7) is 0.232. The summed E-state index contributed by atoms with van der Waals surface area (Å²) < 4.78 is 40.5. The number of phenolic OH excluding ortho intramolecular Hbond substituents is 1. The van der Waals surface area contributed by atoms with E-state index in [1.54, 1.807) is 6.07 Å². The summed E-state index contributed by atoms with van der Waals surface area (Å²) in [5, 5.41) is 13.7. The number of fused-ring (bicyclic) bond motifs is 1. The molecule has 28 heavy (non-hydrogen) atoms. The van der Waals surface area contributed by atoms with Gasteiger partial charge in [0.1, 0.15) is 5.69 Å². The summed E-state index contributed by atoms with van der Waals surface area (Å²) in [5.41, 5.74) is 0.928. The predicted octanol–water partition coefficient (Wildman–Crippen LogP) is 3.11. The fraction of sp³-hybridized carbons (Fsp3) is 0.278. The number of rotatable bonds is 4. The van der Waals surface area contributed by atoms with Crippen molar-refractivity contribution in [3.63, 3.8) is 0 Å². The zero-order valence-electron chi connectivity index (χ0n) is 14.6. The number of phenols is 1. The van der Waals surface area contributed by atoms with E-state index in [0.717, 1.165) is 5.01 Å². The SMILES string of the molecule is CN1NC1(c1cccc(CN2Cc3ccc(N=O)c(O)c3C2=O)c1)C(F)(F)F. The maximum absolute atomic E-state index is 13.5. The Morgan fingerprint density at radius 3 is 2.61 bits per heavy atom. The Morgan fingerprint density at radius 1 is 1.29 bits per heavy atom. The lowest BCUT2D eigenvalue weighted by atomic mass is 10.0. The van der Waals surface area contributed by atoms with E-state index in [1.165, 1.54) is 42.3 Å². The molecule has 2 atom stereocenters. The van der Waals surface area contributed by atoms with E-state index in [0.29, 0.717) is 11.1 Å². The molecule has 10 heteroatoms. The second kappa shape index (κ2) is 6.01. The number of benzene rings is 2. The van der Waals surface area contributed by atoms with E-state index in [1.807, 2.05) is 0 Å². The van der Waals surface area contributed by atoms with Gasteiger partial charge in [-0.15, -0.1) is 4.91 Å². The van der Waals surface area contributed by atoms with E-state index in [-0.39, 0.29) is 29.9 Å². The highest BCUT2D eigenvalue weighted by Crippen LogP contribution is 2.48. The molecule has 2 aliphatic rings. The molecule has 2 aliphatic heterocycles. The highest BCUT2D eigenvalue weighted by molar-refractivity contribution is 6.02. The zero-order valence-corrected chi connectivity index (χ0v) is 14.6. The number of nitrogens with zero attached hydrogens (tertiary/aromatic N) is 3. The topological polar surface area (TPSA) is 94.9 Å². The van der Waals surface area contributed by atoms with Crippen molar-refractivity contribution in [1.29, 1.82) is 0 Å². The maximum atomic E-state index is 13.5. The standard InChI is InChI=1S/C18H15F3N4O3/c1-24-17(23-24,18(19,20)21)12-4-2-3-10(7-12)8-25-9-11-5-6-13(22-28)15(26)14(11)16(25)27/h2-7,23,26H,8-9H2,1H3. The summed E-state index contributed by atoms with van der Waals surface area (Å²) in [6.07, 6.45) is -4.51. The molecule has 2 aromatic carbocycles. The Balaban J connectivity index is 1.61. The molecular weight excluding hydrogens is 377 g/mol. The third kappa shape index (κ3) is 2.56. The van der Waals surface area contributed by atoms with Gasteiger partial charge in [-0.3, -0.25) is 4.79 Å². The van der Waals surface area contributed by atoms with Crippen molar-refractivity contribution in [2.45, 2.75) is 24.9 Å². The smallest absolute Gasteiger partial charge is 0.426 e. The van der Waals surface area contributed by atoms with Crippen molar-refractivity contribution in [2.24, 2.45) is 5.18 Å². The summed E-state index contributed by atoms with van der Waals surface area (Å²) in [7, 11) is 1.31. The van der Waals surface area contributed by atoms with Crippen molar-refractivity contribution >= 4 is 11.6 Å². The van der Waals surface area contributed by atoms with Crippen LogP contribution in [0.3, 0.4) is 0 Å². The molecule has 1 fully saturated rings. The highest BCUT2D eigenvalue weighted by Gasteiger charge is 2.69. The molecule has 7 nitrogen and oxygen atoms in total. The van der Waals surface area contributed by atoms with Crippen LogP contribution < -0.4 is 5.43 Å². The second-order valence-corrected chi connectivity index (χ2v) is 6.80. The number of halogens is 3. The van der Waals surface area contributed by atoms with Crippen LogP contribution in [0, 0.1) is 4.91 Å². The normalized spacial score (nSPS) is 23.6.